The number of hydrogen-bond donors (Lipinski definition) is 3. The first-order chi connectivity index (χ1) is 26.3. The number of halogens is 3. The standard InChI is InChI=1S/C39H50ClF2N7O6S/c1-19(2)44-36-46-27(17-56-36)26-13-30(25-7-8-29(31(40)32(25)45-26)53-16-22-14-39(41,42)18-48(22)6)54-24-12-28(34(43)50)49(15-24)35(51)33(38(3,4)5)47-37(52)55-23-10-20-9-21(20)11-23/h7-8,13,17,19-24,28,33H,9-12,14-16,18H2,1-6H3,(H2,43,50)(H,44,46)(H,47,52)/t20-,21+,22-,23+,24+,28-,33+/m0/s1. The fourth-order valence-electron chi connectivity index (χ4n) is 8.13. The maximum atomic E-state index is 14.3. The van der Waals surface area contributed by atoms with Gasteiger partial charge in [-0.3, -0.25) is 14.5 Å². The van der Waals surface area contributed by atoms with Gasteiger partial charge in [0.25, 0.3) is 5.92 Å². The number of likely N-dealkylation sites (tertiary alicyclic amines) is 2. The van der Waals surface area contributed by atoms with Crippen molar-refractivity contribution >= 4 is 56.9 Å². The first-order valence-corrected chi connectivity index (χ1v) is 20.4. The van der Waals surface area contributed by atoms with Crippen molar-refractivity contribution in [2.75, 3.05) is 32.1 Å². The molecule has 0 radical (unpaired) electrons. The first-order valence-electron chi connectivity index (χ1n) is 19.2. The molecule has 0 bridgehead atoms. The van der Waals surface area contributed by atoms with Gasteiger partial charge in [0.05, 0.1) is 24.3 Å². The molecule has 3 amide bonds. The van der Waals surface area contributed by atoms with Gasteiger partial charge in [-0.15, -0.1) is 11.3 Å². The van der Waals surface area contributed by atoms with Crippen LogP contribution >= 0.6 is 22.9 Å². The fraction of sp³-hybridized carbons (Fsp3) is 0.615. The molecule has 7 atom stereocenters. The van der Waals surface area contributed by atoms with E-state index in [9.17, 15) is 23.2 Å². The Kier molecular flexibility index (Phi) is 11.0. The number of nitrogens with two attached hydrogens (primary N) is 1. The van der Waals surface area contributed by atoms with Crippen LogP contribution in [0.15, 0.2) is 23.6 Å². The number of primary amides is 1. The Morgan fingerprint density at radius 2 is 1.80 bits per heavy atom. The molecular weight excluding hydrogens is 768 g/mol. The number of fused-ring (bicyclic) bond motifs is 2. The summed E-state index contributed by atoms with van der Waals surface area (Å²) in [6.45, 7) is 9.17. The van der Waals surface area contributed by atoms with Gasteiger partial charge in [0.15, 0.2) is 5.13 Å². The number of nitrogens with one attached hydrogen (secondary N) is 2. The van der Waals surface area contributed by atoms with E-state index in [-0.39, 0.29) is 55.5 Å². The van der Waals surface area contributed by atoms with E-state index >= 15 is 0 Å². The Balaban J connectivity index is 1.15. The van der Waals surface area contributed by atoms with Crippen molar-refractivity contribution in [3.63, 3.8) is 0 Å². The van der Waals surface area contributed by atoms with Crippen LogP contribution < -0.4 is 25.8 Å². The first kappa shape index (κ1) is 40.2. The fourth-order valence-corrected chi connectivity index (χ4v) is 9.25. The van der Waals surface area contributed by atoms with Crippen LogP contribution in [0.4, 0.5) is 18.7 Å². The SMILES string of the molecule is CC(C)Nc1nc(-c2cc(O[C@@H]3C[C@@H](C(N)=O)N(C(=O)[C@@H](NC(=O)O[C@@H]4C[C@@H]5C[C@@H]5C4)C(C)(C)C)C3)c3ccc(OC[C@@H]4CC(F)(F)CN4C)c(Cl)c3n2)cs1. The van der Waals surface area contributed by atoms with E-state index in [4.69, 9.17) is 41.5 Å². The summed E-state index contributed by atoms with van der Waals surface area (Å²) in [4.78, 5) is 52.7. The number of benzene rings is 1. The Morgan fingerprint density at radius 3 is 2.45 bits per heavy atom. The van der Waals surface area contributed by atoms with E-state index in [0.29, 0.717) is 45.0 Å². The zero-order valence-corrected chi connectivity index (χ0v) is 34.0. The van der Waals surface area contributed by atoms with Crippen LogP contribution in [0, 0.1) is 17.3 Å². The molecule has 1 aromatic carbocycles. The van der Waals surface area contributed by atoms with Crippen molar-refractivity contribution in [2.45, 2.75) is 109 Å². The smallest absolute Gasteiger partial charge is 0.408 e. The van der Waals surface area contributed by atoms with Crippen molar-refractivity contribution in [1.29, 1.82) is 0 Å². The summed E-state index contributed by atoms with van der Waals surface area (Å²) in [5, 5.41) is 9.32. The molecule has 0 spiro atoms. The number of rotatable bonds is 12. The molecule has 4 aliphatic rings. The van der Waals surface area contributed by atoms with Crippen LogP contribution in [0.5, 0.6) is 11.5 Å². The number of alkyl halides is 2. The third-order valence-electron chi connectivity index (χ3n) is 11.1. The predicted octanol–water partition coefficient (Wildman–Crippen LogP) is 6.32. The molecule has 3 aromatic rings. The second-order valence-electron chi connectivity index (χ2n) is 17.1. The maximum absolute atomic E-state index is 14.3. The average Bonchev–Trinajstić information content (AvgIpc) is 3.50. The second kappa shape index (κ2) is 15.4. The largest absolute Gasteiger partial charge is 0.490 e. The van der Waals surface area contributed by atoms with E-state index in [1.807, 2.05) is 40.0 Å². The number of nitrogens with zero attached hydrogens (tertiary/aromatic N) is 4. The number of hydrogen-bond acceptors (Lipinski definition) is 11. The number of carbonyl (C=O) groups is 3. The summed E-state index contributed by atoms with van der Waals surface area (Å²) >= 11 is 8.37. The van der Waals surface area contributed by atoms with Crippen molar-refractivity contribution < 1.29 is 37.4 Å². The molecule has 2 saturated heterocycles. The van der Waals surface area contributed by atoms with E-state index in [2.05, 4.69) is 10.6 Å². The van der Waals surface area contributed by atoms with E-state index in [1.165, 1.54) is 22.7 Å². The molecule has 304 valence electrons. The van der Waals surface area contributed by atoms with Gasteiger partial charge in [-0.05, 0) is 69.5 Å². The van der Waals surface area contributed by atoms with Crippen molar-refractivity contribution in [3.8, 4) is 22.9 Å². The summed E-state index contributed by atoms with van der Waals surface area (Å²) in [5.74, 6) is -2.09. The van der Waals surface area contributed by atoms with Crippen molar-refractivity contribution in [1.82, 2.24) is 25.1 Å². The number of pyridine rings is 1. The highest BCUT2D eigenvalue weighted by Gasteiger charge is 2.49. The van der Waals surface area contributed by atoms with Gasteiger partial charge in [0.1, 0.15) is 53.1 Å². The number of amides is 3. The minimum Gasteiger partial charge on any atom is -0.490 e. The lowest BCUT2D eigenvalue weighted by Gasteiger charge is -2.35. The van der Waals surface area contributed by atoms with Crippen LogP contribution in [0.3, 0.4) is 0 Å². The lowest BCUT2D eigenvalue weighted by Crippen LogP contribution is -2.57. The minimum atomic E-state index is -2.80. The lowest BCUT2D eigenvalue weighted by molar-refractivity contribution is -0.141. The Bertz CT molecular complexity index is 1980. The molecule has 4 N–H and O–H groups in total. The highest BCUT2D eigenvalue weighted by Crippen LogP contribution is 2.52. The summed E-state index contributed by atoms with van der Waals surface area (Å²) in [6.07, 6.45) is 1.12. The van der Waals surface area contributed by atoms with E-state index in [0.717, 1.165) is 12.8 Å². The molecule has 2 aliphatic heterocycles. The maximum Gasteiger partial charge on any atom is 0.408 e. The Hall–Kier alpha value is -4.02. The lowest BCUT2D eigenvalue weighted by atomic mass is 9.85. The summed E-state index contributed by atoms with van der Waals surface area (Å²) in [6, 6.07) is 2.74. The third-order valence-corrected chi connectivity index (χ3v) is 12.3. The van der Waals surface area contributed by atoms with Crippen molar-refractivity contribution in [2.24, 2.45) is 23.0 Å². The number of aromatic nitrogens is 2. The van der Waals surface area contributed by atoms with E-state index in [1.54, 1.807) is 30.1 Å². The van der Waals surface area contributed by atoms with Gasteiger partial charge in [-0.25, -0.2) is 23.5 Å². The van der Waals surface area contributed by atoms with Gasteiger partial charge in [0.2, 0.25) is 11.8 Å². The Labute approximate surface area is 333 Å². The van der Waals surface area contributed by atoms with E-state index < -0.39 is 53.5 Å². The molecule has 2 saturated carbocycles. The van der Waals surface area contributed by atoms with Crippen LogP contribution in [-0.4, -0.2) is 107 Å². The molecule has 2 aromatic heterocycles. The number of likely N-dealkylation sites (N-methyl/N-ethyl adjacent to an activating group) is 1. The summed E-state index contributed by atoms with van der Waals surface area (Å²) in [5.41, 5.74) is 6.49. The molecule has 4 heterocycles. The Morgan fingerprint density at radius 1 is 1.07 bits per heavy atom. The topological polar surface area (TPSA) is 161 Å². The average molecular weight is 818 g/mol. The van der Waals surface area contributed by atoms with Gasteiger partial charge in [0, 0.05) is 41.8 Å². The monoisotopic (exact) mass is 817 g/mol. The second-order valence-corrected chi connectivity index (χ2v) is 18.4. The van der Waals surface area contributed by atoms with Gasteiger partial charge in [-0.1, -0.05) is 32.4 Å². The number of anilines is 1. The number of ether oxygens (including phenoxy) is 3. The summed E-state index contributed by atoms with van der Waals surface area (Å²) in [7, 11) is 1.64. The third kappa shape index (κ3) is 8.76. The molecule has 7 rings (SSSR count). The zero-order chi connectivity index (χ0) is 40.3. The van der Waals surface area contributed by atoms with Gasteiger partial charge in [-0.2, -0.15) is 0 Å². The normalized spacial score (nSPS) is 26.3. The summed E-state index contributed by atoms with van der Waals surface area (Å²) < 4.78 is 46.5. The number of thiazole rings is 1. The number of alkyl carbamates (subject to hydrolysis) is 1. The van der Waals surface area contributed by atoms with Crippen LogP contribution in [0.25, 0.3) is 22.3 Å². The molecular formula is C39H50ClF2N7O6S. The van der Waals surface area contributed by atoms with Crippen LogP contribution in [0.2, 0.25) is 5.02 Å². The molecule has 13 nitrogen and oxygen atoms in total. The zero-order valence-electron chi connectivity index (χ0n) is 32.4. The van der Waals surface area contributed by atoms with Gasteiger partial charge >= 0.3 is 6.09 Å². The van der Waals surface area contributed by atoms with Crippen molar-refractivity contribution in [3.05, 3.63) is 28.6 Å². The molecule has 0 unspecified atom stereocenters. The molecule has 56 heavy (non-hydrogen) atoms. The van der Waals surface area contributed by atoms with Crippen LogP contribution in [-0.2, 0) is 14.3 Å². The predicted molar refractivity (Wildman–Crippen MR) is 209 cm³/mol. The van der Waals surface area contributed by atoms with Crippen LogP contribution in [0.1, 0.15) is 66.7 Å². The highest BCUT2D eigenvalue weighted by atomic mass is 35.5. The molecule has 4 fully saturated rings. The highest BCUT2D eigenvalue weighted by molar-refractivity contribution is 7.14. The molecule has 17 heteroatoms. The minimum absolute atomic E-state index is 0.000770. The number of carbonyl (C=O) groups excluding carboxylic acids is 3. The quantitative estimate of drug-likeness (QED) is 0.189. The molecule has 2 aliphatic carbocycles. The van der Waals surface area contributed by atoms with Gasteiger partial charge < -0.3 is 35.5 Å².